The number of carbonyl (C=O) groups excluding carboxylic acids is 2. The highest BCUT2D eigenvalue weighted by Gasteiger charge is 2.48. The molecule has 4 rings (SSSR count). The van der Waals surface area contributed by atoms with E-state index in [1.807, 2.05) is 19.9 Å². The number of ketones is 1. The molecule has 8 heteroatoms. The number of nitrogens with zero attached hydrogens (tertiary/aromatic N) is 1. The van der Waals surface area contributed by atoms with Gasteiger partial charge in [0.05, 0.1) is 28.8 Å². The van der Waals surface area contributed by atoms with Crippen LogP contribution in [-0.2, 0) is 9.59 Å². The zero-order valence-electron chi connectivity index (χ0n) is 18.5. The molecule has 5 nitrogen and oxygen atoms in total. The Balaban J connectivity index is 1.99. The van der Waals surface area contributed by atoms with Gasteiger partial charge in [0.1, 0.15) is 11.6 Å². The molecular formula is C26H20Cl2FNO4. The molecule has 0 radical (unpaired) electrons. The third kappa shape index (κ3) is 3.93. The van der Waals surface area contributed by atoms with E-state index in [1.54, 1.807) is 18.2 Å². The molecule has 174 valence electrons. The van der Waals surface area contributed by atoms with Gasteiger partial charge in [-0.3, -0.25) is 14.5 Å². The largest absolute Gasteiger partial charge is 0.507 e. The smallest absolute Gasteiger partial charge is 0.300 e. The highest BCUT2D eigenvalue weighted by molar-refractivity contribution is 6.51. The van der Waals surface area contributed by atoms with Crippen LogP contribution < -0.4 is 9.64 Å². The summed E-state index contributed by atoms with van der Waals surface area (Å²) in [5, 5.41) is 11.4. The van der Waals surface area contributed by atoms with Crippen molar-refractivity contribution < 1.29 is 23.8 Å². The van der Waals surface area contributed by atoms with Gasteiger partial charge in [0.15, 0.2) is 5.75 Å². The third-order valence-electron chi connectivity index (χ3n) is 5.89. The van der Waals surface area contributed by atoms with Crippen molar-refractivity contribution in [1.82, 2.24) is 0 Å². The van der Waals surface area contributed by atoms with Crippen molar-refractivity contribution in [3.05, 3.63) is 98.3 Å². The van der Waals surface area contributed by atoms with Gasteiger partial charge in [-0.1, -0.05) is 47.5 Å². The van der Waals surface area contributed by atoms with Crippen LogP contribution in [0.3, 0.4) is 0 Å². The Labute approximate surface area is 206 Å². The summed E-state index contributed by atoms with van der Waals surface area (Å²) in [5.41, 5.74) is 2.17. The molecule has 0 bridgehead atoms. The van der Waals surface area contributed by atoms with E-state index < -0.39 is 29.3 Å². The number of aryl methyl sites for hydroxylation is 2. The van der Waals surface area contributed by atoms with Crippen molar-refractivity contribution in [3.63, 3.8) is 0 Å². The standard InChI is InChI=1S/C26H20Cl2FNO4/c1-13-8-9-16(10-14(13)2)30-22(17-6-4-5-7-20(17)29)21(24(32)26(30)33)23(31)15-11-18(27)25(34-3)19(28)12-15/h4-12,22,31H,1-3H3/b23-21+. The van der Waals surface area contributed by atoms with E-state index in [4.69, 9.17) is 27.9 Å². The Morgan fingerprint density at radius 3 is 2.24 bits per heavy atom. The molecule has 1 atom stereocenters. The first-order chi connectivity index (χ1) is 16.1. The van der Waals surface area contributed by atoms with E-state index in [1.165, 1.54) is 42.3 Å². The minimum atomic E-state index is -1.21. The van der Waals surface area contributed by atoms with Crippen molar-refractivity contribution in [2.24, 2.45) is 0 Å². The van der Waals surface area contributed by atoms with Crippen LogP contribution in [0, 0.1) is 19.7 Å². The highest BCUT2D eigenvalue weighted by Crippen LogP contribution is 2.44. The van der Waals surface area contributed by atoms with Gasteiger partial charge in [-0.15, -0.1) is 0 Å². The second-order valence-electron chi connectivity index (χ2n) is 7.93. The number of benzene rings is 3. The molecule has 1 aliphatic rings. The molecular weight excluding hydrogens is 480 g/mol. The molecule has 1 aliphatic heterocycles. The highest BCUT2D eigenvalue weighted by atomic mass is 35.5. The van der Waals surface area contributed by atoms with Crippen molar-refractivity contribution in [1.29, 1.82) is 0 Å². The zero-order valence-corrected chi connectivity index (χ0v) is 20.0. The maximum Gasteiger partial charge on any atom is 0.300 e. The molecule has 34 heavy (non-hydrogen) atoms. The summed E-state index contributed by atoms with van der Waals surface area (Å²) in [6, 6.07) is 12.6. The second kappa shape index (κ2) is 9.12. The number of rotatable bonds is 4. The van der Waals surface area contributed by atoms with Crippen LogP contribution in [0.2, 0.25) is 10.0 Å². The lowest BCUT2D eigenvalue weighted by molar-refractivity contribution is -0.132. The van der Waals surface area contributed by atoms with Crippen LogP contribution in [0.1, 0.15) is 28.3 Å². The van der Waals surface area contributed by atoms with Gasteiger partial charge in [0.25, 0.3) is 11.7 Å². The van der Waals surface area contributed by atoms with Crippen LogP contribution in [0.5, 0.6) is 5.75 Å². The summed E-state index contributed by atoms with van der Waals surface area (Å²) >= 11 is 12.4. The fourth-order valence-corrected chi connectivity index (χ4v) is 4.65. The summed E-state index contributed by atoms with van der Waals surface area (Å²) in [5.74, 6) is -2.79. The van der Waals surface area contributed by atoms with E-state index in [9.17, 15) is 19.1 Å². The molecule has 0 saturated carbocycles. The average Bonchev–Trinajstić information content (AvgIpc) is 3.05. The maximum absolute atomic E-state index is 15.0. The topological polar surface area (TPSA) is 66.8 Å². The van der Waals surface area contributed by atoms with Crippen LogP contribution in [0.25, 0.3) is 5.76 Å². The van der Waals surface area contributed by atoms with E-state index in [0.29, 0.717) is 5.69 Å². The number of aliphatic hydroxyl groups is 1. The first kappa shape index (κ1) is 23.8. The number of hydrogen-bond acceptors (Lipinski definition) is 4. The molecule has 1 amide bonds. The molecule has 1 fully saturated rings. The van der Waals surface area contributed by atoms with Crippen molar-refractivity contribution >= 4 is 46.3 Å². The minimum Gasteiger partial charge on any atom is -0.507 e. The lowest BCUT2D eigenvalue weighted by Gasteiger charge is -2.26. The molecule has 1 heterocycles. The summed E-state index contributed by atoms with van der Waals surface area (Å²) in [4.78, 5) is 27.6. The number of carbonyl (C=O) groups is 2. The summed E-state index contributed by atoms with van der Waals surface area (Å²) in [6.45, 7) is 3.79. The number of ether oxygens (including phenoxy) is 1. The predicted octanol–water partition coefficient (Wildman–Crippen LogP) is 6.38. The molecule has 1 unspecified atom stereocenters. The van der Waals surface area contributed by atoms with Crippen molar-refractivity contribution in [2.45, 2.75) is 19.9 Å². The lowest BCUT2D eigenvalue weighted by atomic mass is 9.94. The Hall–Kier alpha value is -3.35. The van der Waals surface area contributed by atoms with Crippen molar-refractivity contribution in [3.8, 4) is 5.75 Å². The molecule has 3 aromatic carbocycles. The maximum atomic E-state index is 15.0. The van der Waals surface area contributed by atoms with Gasteiger partial charge in [-0.25, -0.2) is 4.39 Å². The van der Waals surface area contributed by atoms with Crippen LogP contribution in [0.4, 0.5) is 10.1 Å². The molecule has 1 saturated heterocycles. The summed E-state index contributed by atoms with van der Waals surface area (Å²) < 4.78 is 20.1. The number of aliphatic hydroxyl groups excluding tert-OH is 1. The zero-order chi connectivity index (χ0) is 24.7. The molecule has 0 spiro atoms. The Kier molecular flexibility index (Phi) is 6.39. The summed E-state index contributed by atoms with van der Waals surface area (Å²) in [7, 11) is 1.39. The van der Waals surface area contributed by atoms with E-state index in [2.05, 4.69) is 0 Å². The number of methoxy groups -OCH3 is 1. The van der Waals surface area contributed by atoms with Gasteiger partial charge in [-0.2, -0.15) is 0 Å². The van der Waals surface area contributed by atoms with Crippen LogP contribution in [0.15, 0.2) is 60.2 Å². The second-order valence-corrected chi connectivity index (χ2v) is 8.75. The Morgan fingerprint density at radius 2 is 1.65 bits per heavy atom. The molecule has 0 aromatic heterocycles. The van der Waals surface area contributed by atoms with Gasteiger partial charge in [-0.05, 0) is 55.3 Å². The first-order valence-corrected chi connectivity index (χ1v) is 11.1. The normalized spacial score (nSPS) is 17.4. The minimum absolute atomic E-state index is 0.0622. The number of Topliss-reactive ketones (excluding diaryl/α,β-unsaturated/α-hetero) is 1. The van der Waals surface area contributed by atoms with E-state index in [-0.39, 0.29) is 32.5 Å². The Bertz CT molecular complexity index is 1350. The number of halogens is 3. The number of hydrogen-bond donors (Lipinski definition) is 1. The average molecular weight is 500 g/mol. The van der Waals surface area contributed by atoms with Gasteiger partial charge in [0, 0.05) is 16.8 Å². The SMILES string of the molecule is COc1c(Cl)cc(/C(O)=C2\C(=O)C(=O)N(c3ccc(C)c(C)c3)C2c2ccccc2F)cc1Cl. The fraction of sp³-hybridized carbons (Fsp3) is 0.154. The van der Waals surface area contributed by atoms with Crippen LogP contribution >= 0.6 is 23.2 Å². The predicted molar refractivity (Wildman–Crippen MR) is 130 cm³/mol. The van der Waals surface area contributed by atoms with Crippen molar-refractivity contribution in [2.75, 3.05) is 12.0 Å². The van der Waals surface area contributed by atoms with Gasteiger partial charge >= 0.3 is 0 Å². The lowest BCUT2D eigenvalue weighted by Crippen LogP contribution is -2.30. The Morgan fingerprint density at radius 1 is 1.00 bits per heavy atom. The van der Waals surface area contributed by atoms with E-state index in [0.717, 1.165) is 11.1 Å². The third-order valence-corrected chi connectivity index (χ3v) is 6.45. The monoisotopic (exact) mass is 499 g/mol. The summed E-state index contributed by atoms with van der Waals surface area (Å²) in [6.07, 6.45) is 0. The quantitative estimate of drug-likeness (QED) is 0.256. The number of anilines is 1. The van der Waals surface area contributed by atoms with Gasteiger partial charge in [0.2, 0.25) is 0 Å². The first-order valence-electron chi connectivity index (χ1n) is 10.3. The van der Waals surface area contributed by atoms with E-state index >= 15 is 0 Å². The molecule has 0 aliphatic carbocycles. The fourth-order valence-electron chi connectivity index (χ4n) is 4.01. The molecule has 1 N–H and O–H groups in total. The van der Waals surface area contributed by atoms with Crippen LogP contribution in [-0.4, -0.2) is 23.9 Å². The molecule has 3 aromatic rings. The number of amides is 1. The van der Waals surface area contributed by atoms with Gasteiger partial charge < -0.3 is 9.84 Å².